The summed E-state index contributed by atoms with van der Waals surface area (Å²) in [5.41, 5.74) is 0. The van der Waals surface area contributed by atoms with Crippen molar-refractivity contribution in [1.82, 2.24) is 0 Å². The van der Waals surface area contributed by atoms with Crippen LogP contribution in [0.1, 0.15) is 6.42 Å². The maximum absolute atomic E-state index is 13.3. The highest BCUT2D eigenvalue weighted by Gasteiger charge is 2.25. The first-order chi connectivity index (χ1) is 5.20. The van der Waals surface area contributed by atoms with Crippen LogP contribution in [-0.2, 0) is 9.47 Å². The van der Waals surface area contributed by atoms with Gasteiger partial charge in [0.15, 0.2) is 0 Å². The van der Waals surface area contributed by atoms with Gasteiger partial charge in [-0.3, -0.25) is 0 Å². The number of hydrogen-bond acceptors (Lipinski definition) is 2. The van der Waals surface area contributed by atoms with Gasteiger partial charge in [-0.2, -0.15) is 0 Å². The molecule has 0 spiro atoms. The van der Waals surface area contributed by atoms with Crippen molar-refractivity contribution in [1.29, 1.82) is 0 Å². The molecule has 1 aliphatic rings. The van der Waals surface area contributed by atoms with E-state index < -0.39 is 5.85 Å². The standard InChI is InChI=1S/C8H11FO2/c1-10-7-4-3-5-8(9,6-7)11-2/h3,5-6H,4H2,1-2H3. The molecule has 0 aromatic heterocycles. The summed E-state index contributed by atoms with van der Waals surface area (Å²) in [6.45, 7) is 0. The third kappa shape index (κ3) is 1.80. The summed E-state index contributed by atoms with van der Waals surface area (Å²) < 4.78 is 22.8. The van der Waals surface area contributed by atoms with Gasteiger partial charge in [0.25, 0.3) is 5.85 Å². The quantitative estimate of drug-likeness (QED) is 0.570. The van der Waals surface area contributed by atoms with Crippen LogP contribution in [0.25, 0.3) is 0 Å². The molecular formula is C8H11FO2. The maximum atomic E-state index is 13.3. The van der Waals surface area contributed by atoms with Crippen molar-refractivity contribution < 1.29 is 13.9 Å². The van der Waals surface area contributed by atoms with Gasteiger partial charge in [-0.25, -0.2) is 4.39 Å². The summed E-state index contributed by atoms with van der Waals surface area (Å²) in [4.78, 5) is 0. The van der Waals surface area contributed by atoms with Crippen LogP contribution in [0, 0.1) is 0 Å². The molecule has 0 aliphatic heterocycles. The molecule has 11 heavy (non-hydrogen) atoms. The molecule has 0 bridgehead atoms. The predicted octanol–water partition coefficient (Wildman–Crippen LogP) is 1.79. The first-order valence-electron chi connectivity index (χ1n) is 3.37. The molecule has 62 valence electrons. The summed E-state index contributed by atoms with van der Waals surface area (Å²) in [5, 5.41) is 0. The van der Waals surface area contributed by atoms with E-state index in [9.17, 15) is 4.39 Å². The third-order valence-corrected chi connectivity index (χ3v) is 1.60. The zero-order valence-corrected chi connectivity index (χ0v) is 6.63. The molecule has 1 atom stereocenters. The normalized spacial score (nSPS) is 29.9. The highest BCUT2D eigenvalue weighted by atomic mass is 19.2. The SMILES string of the molecule is COC1=CC(F)(OC)C=CC1. The van der Waals surface area contributed by atoms with E-state index in [1.807, 2.05) is 0 Å². The fraction of sp³-hybridized carbons (Fsp3) is 0.500. The van der Waals surface area contributed by atoms with E-state index in [1.54, 1.807) is 6.08 Å². The average molecular weight is 158 g/mol. The van der Waals surface area contributed by atoms with Crippen LogP contribution in [0.5, 0.6) is 0 Å². The summed E-state index contributed by atoms with van der Waals surface area (Å²) in [5.74, 6) is -1.18. The number of alkyl halides is 1. The molecule has 0 saturated carbocycles. The number of rotatable bonds is 2. The second kappa shape index (κ2) is 3.05. The monoisotopic (exact) mass is 158 g/mol. The second-order valence-corrected chi connectivity index (χ2v) is 2.32. The summed E-state index contributed by atoms with van der Waals surface area (Å²) in [6, 6.07) is 0. The Morgan fingerprint density at radius 1 is 1.55 bits per heavy atom. The minimum atomic E-state index is -1.77. The van der Waals surface area contributed by atoms with E-state index in [0.29, 0.717) is 12.2 Å². The maximum Gasteiger partial charge on any atom is 0.251 e. The molecule has 1 aliphatic carbocycles. The van der Waals surface area contributed by atoms with Gasteiger partial charge in [0.2, 0.25) is 0 Å². The molecular weight excluding hydrogens is 147 g/mol. The molecule has 0 fully saturated rings. The molecule has 1 unspecified atom stereocenters. The molecule has 0 amide bonds. The van der Waals surface area contributed by atoms with Crippen LogP contribution in [0.15, 0.2) is 24.0 Å². The van der Waals surface area contributed by atoms with Crippen molar-refractivity contribution in [3.8, 4) is 0 Å². The Morgan fingerprint density at radius 2 is 2.27 bits per heavy atom. The van der Waals surface area contributed by atoms with E-state index in [4.69, 9.17) is 4.74 Å². The average Bonchev–Trinajstić information content (AvgIpc) is 2.05. The number of methoxy groups -OCH3 is 2. The number of halogens is 1. The molecule has 0 saturated heterocycles. The van der Waals surface area contributed by atoms with E-state index >= 15 is 0 Å². The number of ether oxygens (including phenoxy) is 2. The van der Waals surface area contributed by atoms with Crippen molar-refractivity contribution in [2.75, 3.05) is 14.2 Å². The molecule has 0 N–H and O–H groups in total. The molecule has 0 radical (unpaired) electrons. The minimum Gasteiger partial charge on any atom is -0.501 e. The van der Waals surface area contributed by atoms with Gasteiger partial charge in [-0.05, 0) is 6.08 Å². The van der Waals surface area contributed by atoms with Crippen molar-refractivity contribution in [3.05, 3.63) is 24.0 Å². The Hall–Kier alpha value is -0.830. The zero-order valence-electron chi connectivity index (χ0n) is 6.63. The lowest BCUT2D eigenvalue weighted by atomic mass is 10.1. The van der Waals surface area contributed by atoms with Crippen molar-refractivity contribution in [2.24, 2.45) is 0 Å². The van der Waals surface area contributed by atoms with Crippen LogP contribution >= 0.6 is 0 Å². The molecule has 2 nitrogen and oxygen atoms in total. The van der Waals surface area contributed by atoms with Gasteiger partial charge in [0.1, 0.15) is 5.76 Å². The number of allylic oxidation sites excluding steroid dienone is 1. The Kier molecular flexibility index (Phi) is 2.29. The summed E-state index contributed by atoms with van der Waals surface area (Å²) in [6.07, 6.45) is 5.01. The van der Waals surface area contributed by atoms with E-state index in [2.05, 4.69) is 4.74 Å². The van der Waals surface area contributed by atoms with Crippen LogP contribution < -0.4 is 0 Å². The summed E-state index contributed by atoms with van der Waals surface area (Å²) in [7, 11) is 2.83. The van der Waals surface area contributed by atoms with Gasteiger partial charge < -0.3 is 9.47 Å². The lowest BCUT2D eigenvalue weighted by Crippen LogP contribution is -2.22. The second-order valence-electron chi connectivity index (χ2n) is 2.32. The van der Waals surface area contributed by atoms with E-state index in [-0.39, 0.29) is 0 Å². The van der Waals surface area contributed by atoms with Crippen molar-refractivity contribution in [2.45, 2.75) is 12.3 Å². The highest BCUT2D eigenvalue weighted by Crippen LogP contribution is 2.24. The Balaban J connectivity index is 2.75. The fourth-order valence-corrected chi connectivity index (χ4v) is 0.932. The zero-order chi connectivity index (χ0) is 8.32. The predicted molar refractivity (Wildman–Crippen MR) is 39.7 cm³/mol. The molecule has 0 aromatic rings. The first-order valence-corrected chi connectivity index (χ1v) is 3.37. The largest absolute Gasteiger partial charge is 0.501 e. The third-order valence-electron chi connectivity index (χ3n) is 1.60. The minimum absolute atomic E-state index is 0.594. The van der Waals surface area contributed by atoms with E-state index in [0.717, 1.165) is 0 Å². The van der Waals surface area contributed by atoms with Gasteiger partial charge in [0.05, 0.1) is 7.11 Å². The van der Waals surface area contributed by atoms with Crippen LogP contribution in [0.2, 0.25) is 0 Å². The lowest BCUT2D eigenvalue weighted by molar-refractivity contribution is -0.0414. The molecule has 0 aromatic carbocycles. The Morgan fingerprint density at radius 3 is 2.82 bits per heavy atom. The van der Waals surface area contributed by atoms with Crippen LogP contribution in [0.3, 0.4) is 0 Å². The summed E-state index contributed by atoms with van der Waals surface area (Å²) >= 11 is 0. The van der Waals surface area contributed by atoms with Crippen LogP contribution in [0.4, 0.5) is 4.39 Å². The molecule has 1 rings (SSSR count). The van der Waals surface area contributed by atoms with Crippen molar-refractivity contribution >= 4 is 0 Å². The van der Waals surface area contributed by atoms with Crippen molar-refractivity contribution in [3.63, 3.8) is 0 Å². The van der Waals surface area contributed by atoms with Gasteiger partial charge in [0, 0.05) is 19.6 Å². The first kappa shape index (κ1) is 8.27. The highest BCUT2D eigenvalue weighted by molar-refractivity contribution is 5.19. The van der Waals surface area contributed by atoms with Gasteiger partial charge >= 0.3 is 0 Å². The van der Waals surface area contributed by atoms with E-state index in [1.165, 1.54) is 26.4 Å². The Bertz CT molecular complexity index is 198. The molecule has 3 heteroatoms. The Labute approximate surface area is 65.3 Å². The number of hydrogen-bond donors (Lipinski definition) is 0. The lowest BCUT2D eigenvalue weighted by Gasteiger charge is -2.20. The smallest absolute Gasteiger partial charge is 0.251 e. The molecule has 0 heterocycles. The van der Waals surface area contributed by atoms with Gasteiger partial charge in [-0.15, -0.1) is 0 Å². The van der Waals surface area contributed by atoms with Crippen LogP contribution in [-0.4, -0.2) is 20.1 Å². The fourth-order valence-electron chi connectivity index (χ4n) is 0.932. The topological polar surface area (TPSA) is 18.5 Å². The van der Waals surface area contributed by atoms with Gasteiger partial charge in [-0.1, -0.05) is 6.08 Å².